The lowest BCUT2D eigenvalue weighted by Crippen LogP contribution is -2.47. The molecule has 6 heteroatoms. The van der Waals surface area contributed by atoms with Crippen molar-refractivity contribution in [2.24, 2.45) is 17.6 Å². The summed E-state index contributed by atoms with van der Waals surface area (Å²) < 4.78 is 0. The van der Waals surface area contributed by atoms with E-state index in [2.05, 4.69) is 55.7 Å². The Hall–Kier alpha value is -1.59. The van der Waals surface area contributed by atoms with Crippen molar-refractivity contribution in [3.05, 3.63) is 35.4 Å². The molecule has 148 valence electrons. The molecule has 4 N–H and O–H groups in total. The van der Waals surface area contributed by atoms with E-state index in [-0.39, 0.29) is 48.6 Å². The van der Waals surface area contributed by atoms with Gasteiger partial charge in [0.15, 0.2) is 0 Å². The normalized spacial score (nSPS) is 13.1. The molecule has 2 atom stereocenters. The van der Waals surface area contributed by atoms with E-state index in [9.17, 15) is 9.59 Å². The average Bonchev–Trinajstić information content (AvgIpc) is 2.57. The second-order valence-electron chi connectivity index (χ2n) is 7.27. The minimum atomic E-state index is -0.597. The Morgan fingerprint density at radius 2 is 1.62 bits per heavy atom. The number of rotatable bonds is 9. The van der Waals surface area contributed by atoms with Crippen LogP contribution in [0.5, 0.6) is 0 Å². The van der Waals surface area contributed by atoms with Crippen LogP contribution in [0, 0.1) is 11.8 Å². The predicted molar refractivity (Wildman–Crippen MR) is 109 cm³/mol. The van der Waals surface area contributed by atoms with Gasteiger partial charge in [-0.15, -0.1) is 12.4 Å². The van der Waals surface area contributed by atoms with Gasteiger partial charge in [0.2, 0.25) is 11.8 Å². The number of hydrogen-bond acceptors (Lipinski definition) is 3. The van der Waals surface area contributed by atoms with Crippen molar-refractivity contribution in [3.63, 3.8) is 0 Å². The van der Waals surface area contributed by atoms with Gasteiger partial charge in [-0.2, -0.15) is 0 Å². The first-order chi connectivity index (χ1) is 11.8. The fourth-order valence-electron chi connectivity index (χ4n) is 2.63. The number of aryl methyl sites for hydroxylation is 1. The summed E-state index contributed by atoms with van der Waals surface area (Å²) in [5.41, 5.74) is 8.16. The van der Waals surface area contributed by atoms with E-state index in [0.717, 1.165) is 18.4 Å². The van der Waals surface area contributed by atoms with Crippen LogP contribution < -0.4 is 16.4 Å². The summed E-state index contributed by atoms with van der Waals surface area (Å²) in [4.78, 5) is 24.1. The Morgan fingerprint density at radius 3 is 2.08 bits per heavy atom. The molecule has 1 unspecified atom stereocenters. The Bertz CT molecular complexity index is 559. The van der Waals surface area contributed by atoms with Crippen LogP contribution in [-0.2, 0) is 16.0 Å². The SMILES string of the molecule is CCCc1ccc(C(NC(=O)CNC(=O)[C@@H](N)C(C)C)C(C)C)cc1.Cl. The number of carbonyl (C=O) groups excluding carboxylic acids is 2. The number of hydrogen-bond donors (Lipinski definition) is 3. The van der Waals surface area contributed by atoms with E-state index < -0.39 is 6.04 Å². The second-order valence-corrected chi connectivity index (χ2v) is 7.27. The van der Waals surface area contributed by atoms with Gasteiger partial charge < -0.3 is 16.4 Å². The van der Waals surface area contributed by atoms with Crippen molar-refractivity contribution >= 4 is 24.2 Å². The molecule has 1 aromatic carbocycles. The predicted octanol–water partition coefficient (Wildman–Crippen LogP) is 2.97. The Labute approximate surface area is 163 Å². The number of carbonyl (C=O) groups is 2. The first-order valence-corrected chi connectivity index (χ1v) is 9.17. The molecule has 0 aliphatic carbocycles. The highest BCUT2D eigenvalue weighted by Crippen LogP contribution is 2.22. The average molecular weight is 384 g/mol. The summed E-state index contributed by atoms with van der Waals surface area (Å²) in [6.07, 6.45) is 2.17. The molecule has 0 spiro atoms. The maximum atomic E-state index is 12.2. The van der Waals surface area contributed by atoms with Gasteiger partial charge in [-0.05, 0) is 29.4 Å². The zero-order valence-corrected chi connectivity index (χ0v) is 17.4. The third-order valence-corrected chi connectivity index (χ3v) is 4.30. The van der Waals surface area contributed by atoms with Crippen LogP contribution in [0.4, 0.5) is 0 Å². The van der Waals surface area contributed by atoms with Crippen LogP contribution in [0.1, 0.15) is 58.2 Å². The maximum Gasteiger partial charge on any atom is 0.239 e. The van der Waals surface area contributed by atoms with E-state index in [1.165, 1.54) is 5.56 Å². The van der Waals surface area contributed by atoms with Crippen LogP contribution >= 0.6 is 12.4 Å². The van der Waals surface area contributed by atoms with Crippen molar-refractivity contribution in [1.29, 1.82) is 0 Å². The molecule has 0 heterocycles. The van der Waals surface area contributed by atoms with E-state index in [4.69, 9.17) is 5.73 Å². The molecule has 5 nitrogen and oxygen atoms in total. The van der Waals surface area contributed by atoms with Crippen molar-refractivity contribution in [2.75, 3.05) is 6.54 Å². The molecule has 26 heavy (non-hydrogen) atoms. The maximum absolute atomic E-state index is 12.2. The van der Waals surface area contributed by atoms with E-state index in [1.54, 1.807) is 0 Å². The van der Waals surface area contributed by atoms with Gasteiger partial charge in [-0.3, -0.25) is 9.59 Å². The zero-order valence-electron chi connectivity index (χ0n) is 16.5. The molecule has 0 aliphatic rings. The molecule has 1 rings (SSSR count). The monoisotopic (exact) mass is 383 g/mol. The molecule has 0 saturated carbocycles. The fraction of sp³-hybridized carbons (Fsp3) is 0.600. The van der Waals surface area contributed by atoms with E-state index in [0.29, 0.717) is 0 Å². The lowest BCUT2D eigenvalue weighted by Gasteiger charge is -2.23. The van der Waals surface area contributed by atoms with Gasteiger partial charge in [-0.1, -0.05) is 65.3 Å². The van der Waals surface area contributed by atoms with Crippen LogP contribution in [0.2, 0.25) is 0 Å². The summed E-state index contributed by atoms with van der Waals surface area (Å²) >= 11 is 0. The molecule has 0 radical (unpaired) electrons. The summed E-state index contributed by atoms with van der Waals surface area (Å²) in [5.74, 6) is -0.224. The largest absolute Gasteiger partial charge is 0.348 e. The van der Waals surface area contributed by atoms with Crippen LogP contribution in [0.3, 0.4) is 0 Å². The van der Waals surface area contributed by atoms with Crippen molar-refractivity contribution < 1.29 is 9.59 Å². The summed E-state index contributed by atoms with van der Waals surface area (Å²) in [6, 6.07) is 7.69. The highest BCUT2D eigenvalue weighted by molar-refractivity contribution is 5.87. The number of amides is 2. The third-order valence-electron chi connectivity index (χ3n) is 4.30. The van der Waals surface area contributed by atoms with Crippen molar-refractivity contribution in [2.45, 2.75) is 59.5 Å². The summed E-state index contributed by atoms with van der Waals surface area (Å²) in [7, 11) is 0. The minimum Gasteiger partial charge on any atom is -0.348 e. The summed E-state index contributed by atoms with van der Waals surface area (Å²) in [6.45, 7) is 9.99. The van der Waals surface area contributed by atoms with Crippen molar-refractivity contribution in [3.8, 4) is 0 Å². The Kier molecular flexibility index (Phi) is 11.2. The highest BCUT2D eigenvalue weighted by atomic mass is 35.5. The topological polar surface area (TPSA) is 84.2 Å². The van der Waals surface area contributed by atoms with Gasteiger partial charge in [0, 0.05) is 0 Å². The van der Waals surface area contributed by atoms with Gasteiger partial charge in [0.05, 0.1) is 18.6 Å². The lowest BCUT2D eigenvalue weighted by atomic mass is 9.94. The van der Waals surface area contributed by atoms with Crippen LogP contribution in [0.15, 0.2) is 24.3 Å². The smallest absolute Gasteiger partial charge is 0.239 e. The molecule has 0 fully saturated rings. The Morgan fingerprint density at radius 1 is 1.04 bits per heavy atom. The summed E-state index contributed by atoms with van der Waals surface area (Å²) in [5, 5.41) is 5.62. The molecule has 2 amide bonds. The minimum absolute atomic E-state index is 0. The fourth-order valence-corrected chi connectivity index (χ4v) is 2.63. The molecular formula is C20H34ClN3O2. The van der Waals surface area contributed by atoms with Gasteiger partial charge in [-0.25, -0.2) is 0 Å². The highest BCUT2D eigenvalue weighted by Gasteiger charge is 2.21. The molecule has 0 aromatic heterocycles. The van der Waals surface area contributed by atoms with Crippen LogP contribution in [0.25, 0.3) is 0 Å². The first kappa shape index (κ1) is 24.4. The number of nitrogens with two attached hydrogens (primary N) is 1. The van der Waals surface area contributed by atoms with Gasteiger partial charge >= 0.3 is 0 Å². The van der Waals surface area contributed by atoms with Gasteiger partial charge in [0.1, 0.15) is 0 Å². The third kappa shape index (κ3) is 7.75. The molecule has 0 saturated heterocycles. The van der Waals surface area contributed by atoms with E-state index >= 15 is 0 Å². The molecule has 1 aromatic rings. The number of halogens is 1. The lowest BCUT2D eigenvalue weighted by molar-refractivity contribution is -0.127. The molecule has 0 aliphatic heterocycles. The second kappa shape index (κ2) is 11.9. The standard InChI is InChI=1S/C20H33N3O2.ClH/c1-6-7-15-8-10-16(11-9-15)19(14(4)5)23-17(24)12-22-20(25)18(21)13(2)3;/h8-11,13-14,18-19H,6-7,12,21H2,1-5H3,(H,22,25)(H,23,24);1H/t18-,19?;/m0./s1. The molecular weight excluding hydrogens is 350 g/mol. The first-order valence-electron chi connectivity index (χ1n) is 9.17. The van der Waals surface area contributed by atoms with E-state index in [1.807, 2.05) is 13.8 Å². The molecule has 0 bridgehead atoms. The van der Waals surface area contributed by atoms with Gasteiger partial charge in [0.25, 0.3) is 0 Å². The van der Waals surface area contributed by atoms with Crippen molar-refractivity contribution in [1.82, 2.24) is 10.6 Å². The van der Waals surface area contributed by atoms with Crippen LogP contribution in [-0.4, -0.2) is 24.4 Å². The Balaban J connectivity index is 0.00000625. The quantitative estimate of drug-likeness (QED) is 0.612. The zero-order chi connectivity index (χ0) is 19.0. The number of benzene rings is 1. The number of nitrogens with one attached hydrogen (secondary N) is 2.